The number of nitrogens with zero attached hydrogens (tertiary/aromatic N) is 4. The molecule has 0 fully saturated rings. The maximum atomic E-state index is 13.0. The Morgan fingerprint density at radius 1 is 1.11 bits per heavy atom. The Hall–Kier alpha value is -2.84. The van der Waals surface area contributed by atoms with Crippen LogP contribution in [0.2, 0.25) is 0 Å². The summed E-state index contributed by atoms with van der Waals surface area (Å²) in [5, 5.41) is 9.71. The molecule has 0 saturated heterocycles. The molecular formula is C19H20N4O3S. The van der Waals surface area contributed by atoms with Gasteiger partial charge in [-0.05, 0) is 18.2 Å². The monoisotopic (exact) mass is 384 g/mol. The van der Waals surface area contributed by atoms with Crippen LogP contribution in [0.3, 0.4) is 0 Å². The molecule has 2 heterocycles. The molecule has 7 nitrogen and oxygen atoms in total. The highest BCUT2D eigenvalue weighted by Crippen LogP contribution is 2.29. The number of pyridine rings is 1. The third-order valence-electron chi connectivity index (χ3n) is 3.93. The lowest BCUT2D eigenvalue weighted by Gasteiger charge is -2.19. The SMILES string of the molecule is COCCN(C(=O)Cc1ccccc1OC)c1nnc(-c2ccncc2)s1. The predicted octanol–water partition coefficient (Wildman–Crippen LogP) is 2.83. The number of carbonyl (C=O) groups excluding carboxylic acids is 1. The molecule has 0 unspecified atom stereocenters. The predicted molar refractivity (Wildman–Crippen MR) is 104 cm³/mol. The number of rotatable bonds is 8. The van der Waals surface area contributed by atoms with Crippen molar-refractivity contribution in [3.8, 4) is 16.3 Å². The number of methoxy groups -OCH3 is 2. The molecule has 140 valence electrons. The molecule has 1 amide bonds. The summed E-state index contributed by atoms with van der Waals surface area (Å²) >= 11 is 1.36. The topological polar surface area (TPSA) is 77.4 Å². The summed E-state index contributed by atoms with van der Waals surface area (Å²) in [6, 6.07) is 11.2. The van der Waals surface area contributed by atoms with Crippen molar-refractivity contribution >= 4 is 22.4 Å². The Balaban J connectivity index is 1.83. The summed E-state index contributed by atoms with van der Waals surface area (Å²) in [4.78, 5) is 18.6. The minimum atomic E-state index is -0.0889. The van der Waals surface area contributed by atoms with Crippen LogP contribution in [0.4, 0.5) is 5.13 Å². The van der Waals surface area contributed by atoms with Crippen LogP contribution in [0.1, 0.15) is 5.56 Å². The largest absolute Gasteiger partial charge is 0.496 e. The van der Waals surface area contributed by atoms with E-state index in [1.165, 1.54) is 11.3 Å². The van der Waals surface area contributed by atoms with Gasteiger partial charge < -0.3 is 9.47 Å². The van der Waals surface area contributed by atoms with Crippen molar-refractivity contribution in [2.45, 2.75) is 6.42 Å². The van der Waals surface area contributed by atoms with Crippen molar-refractivity contribution < 1.29 is 14.3 Å². The van der Waals surface area contributed by atoms with Gasteiger partial charge in [0.2, 0.25) is 11.0 Å². The second-order valence-corrected chi connectivity index (χ2v) is 6.61. The lowest BCUT2D eigenvalue weighted by Crippen LogP contribution is -2.35. The van der Waals surface area contributed by atoms with E-state index in [4.69, 9.17) is 9.47 Å². The lowest BCUT2D eigenvalue weighted by molar-refractivity contribution is -0.118. The summed E-state index contributed by atoms with van der Waals surface area (Å²) in [6.45, 7) is 0.803. The number of aromatic nitrogens is 3. The Kier molecular flexibility index (Phi) is 6.45. The summed E-state index contributed by atoms with van der Waals surface area (Å²) in [6.07, 6.45) is 3.61. The molecule has 27 heavy (non-hydrogen) atoms. The van der Waals surface area contributed by atoms with E-state index in [9.17, 15) is 4.79 Å². The van der Waals surface area contributed by atoms with E-state index in [2.05, 4.69) is 15.2 Å². The standard InChI is InChI=1S/C19H20N4O3S/c1-25-12-11-23(17(24)13-15-5-3-4-6-16(15)26-2)19-22-21-18(27-19)14-7-9-20-10-8-14/h3-10H,11-13H2,1-2H3. The first-order valence-electron chi connectivity index (χ1n) is 8.38. The van der Waals surface area contributed by atoms with E-state index >= 15 is 0 Å². The molecule has 8 heteroatoms. The van der Waals surface area contributed by atoms with E-state index in [0.717, 1.165) is 16.1 Å². The van der Waals surface area contributed by atoms with Gasteiger partial charge in [0, 0.05) is 30.6 Å². The fourth-order valence-corrected chi connectivity index (χ4v) is 3.45. The first-order valence-corrected chi connectivity index (χ1v) is 9.19. The van der Waals surface area contributed by atoms with Gasteiger partial charge in [0.25, 0.3) is 0 Å². The van der Waals surface area contributed by atoms with E-state index < -0.39 is 0 Å². The molecule has 0 bridgehead atoms. The van der Waals surface area contributed by atoms with Gasteiger partial charge in [0.15, 0.2) is 0 Å². The third-order valence-corrected chi connectivity index (χ3v) is 4.92. The molecule has 0 N–H and O–H groups in total. The summed E-state index contributed by atoms with van der Waals surface area (Å²) in [7, 11) is 3.20. The molecule has 3 rings (SSSR count). The second-order valence-electron chi connectivity index (χ2n) is 5.65. The van der Waals surface area contributed by atoms with Crippen molar-refractivity contribution in [3.05, 3.63) is 54.4 Å². The second kappa shape index (κ2) is 9.20. The Bertz CT molecular complexity index is 885. The van der Waals surface area contributed by atoms with Crippen molar-refractivity contribution in [2.75, 3.05) is 32.3 Å². The van der Waals surface area contributed by atoms with Crippen LogP contribution in [-0.4, -0.2) is 48.5 Å². The number of benzene rings is 1. The van der Waals surface area contributed by atoms with Gasteiger partial charge in [-0.2, -0.15) is 0 Å². The molecule has 2 aromatic heterocycles. The summed E-state index contributed by atoms with van der Waals surface area (Å²) in [5.74, 6) is 0.598. The maximum Gasteiger partial charge on any atom is 0.233 e. The highest BCUT2D eigenvalue weighted by molar-refractivity contribution is 7.18. The number of anilines is 1. The third kappa shape index (κ3) is 4.66. The molecule has 0 aliphatic rings. The molecule has 0 radical (unpaired) electrons. The molecule has 0 spiro atoms. The van der Waals surface area contributed by atoms with Gasteiger partial charge >= 0.3 is 0 Å². The van der Waals surface area contributed by atoms with E-state index in [1.54, 1.807) is 31.5 Å². The quantitative estimate of drug-likeness (QED) is 0.594. The van der Waals surface area contributed by atoms with Crippen LogP contribution in [0.25, 0.3) is 10.6 Å². The highest BCUT2D eigenvalue weighted by Gasteiger charge is 2.21. The number of para-hydroxylation sites is 1. The first kappa shape index (κ1) is 18.9. The zero-order valence-corrected chi connectivity index (χ0v) is 16.0. The van der Waals surface area contributed by atoms with Gasteiger partial charge in [-0.25, -0.2) is 0 Å². The van der Waals surface area contributed by atoms with Crippen molar-refractivity contribution in [1.29, 1.82) is 0 Å². The van der Waals surface area contributed by atoms with Crippen molar-refractivity contribution in [2.24, 2.45) is 0 Å². The molecule has 0 atom stereocenters. The van der Waals surface area contributed by atoms with Gasteiger partial charge in [0.05, 0.1) is 26.7 Å². The maximum absolute atomic E-state index is 13.0. The van der Waals surface area contributed by atoms with E-state index in [1.807, 2.05) is 36.4 Å². The van der Waals surface area contributed by atoms with Crippen molar-refractivity contribution in [3.63, 3.8) is 0 Å². The summed E-state index contributed by atoms with van der Waals surface area (Å²) < 4.78 is 10.5. The van der Waals surface area contributed by atoms with Gasteiger partial charge in [-0.3, -0.25) is 14.7 Å². The Morgan fingerprint density at radius 3 is 2.63 bits per heavy atom. The van der Waals surface area contributed by atoms with Crippen LogP contribution in [0.15, 0.2) is 48.8 Å². The first-order chi connectivity index (χ1) is 13.2. The van der Waals surface area contributed by atoms with Crippen LogP contribution in [0, 0.1) is 0 Å². The average molecular weight is 384 g/mol. The van der Waals surface area contributed by atoms with Crippen LogP contribution >= 0.6 is 11.3 Å². The number of hydrogen-bond donors (Lipinski definition) is 0. The minimum Gasteiger partial charge on any atom is -0.496 e. The van der Waals surface area contributed by atoms with Gasteiger partial charge in [-0.15, -0.1) is 10.2 Å². The highest BCUT2D eigenvalue weighted by atomic mass is 32.1. The number of ether oxygens (including phenoxy) is 2. The smallest absolute Gasteiger partial charge is 0.233 e. The molecule has 0 saturated carbocycles. The molecule has 1 aromatic carbocycles. The van der Waals surface area contributed by atoms with E-state index in [-0.39, 0.29) is 12.3 Å². The molecule has 0 aliphatic carbocycles. The average Bonchev–Trinajstić information content (AvgIpc) is 3.19. The molecule has 3 aromatic rings. The summed E-state index contributed by atoms with van der Waals surface area (Å²) in [5.41, 5.74) is 1.74. The fraction of sp³-hybridized carbons (Fsp3) is 0.263. The van der Waals surface area contributed by atoms with Crippen molar-refractivity contribution in [1.82, 2.24) is 15.2 Å². The zero-order chi connectivity index (χ0) is 19.1. The number of amides is 1. The zero-order valence-electron chi connectivity index (χ0n) is 15.2. The number of carbonyl (C=O) groups is 1. The van der Waals surface area contributed by atoms with Gasteiger partial charge in [-0.1, -0.05) is 29.5 Å². The normalized spacial score (nSPS) is 10.6. The number of hydrogen-bond acceptors (Lipinski definition) is 7. The molecular weight excluding hydrogens is 364 g/mol. The Labute approximate surface area is 161 Å². The van der Waals surface area contributed by atoms with Gasteiger partial charge in [0.1, 0.15) is 10.8 Å². The molecule has 0 aliphatic heterocycles. The van der Waals surface area contributed by atoms with Crippen LogP contribution < -0.4 is 9.64 Å². The minimum absolute atomic E-state index is 0.0889. The van der Waals surface area contributed by atoms with E-state index in [0.29, 0.717) is 24.0 Å². The Morgan fingerprint density at radius 2 is 1.89 bits per heavy atom. The fourth-order valence-electron chi connectivity index (χ4n) is 2.55. The van der Waals surface area contributed by atoms with Crippen LogP contribution in [0.5, 0.6) is 5.75 Å². The van der Waals surface area contributed by atoms with Crippen LogP contribution in [-0.2, 0) is 16.0 Å². The lowest BCUT2D eigenvalue weighted by atomic mass is 10.1.